The molecule has 5 N–H and O–H groups in total. The fourth-order valence-electron chi connectivity index (χ4n) is 5.33. The minimum Gasteiger partial charge on any atom is -0.398 e. The summed E-state index contributed by atoms with van der Waals surface area (Å²) in [5.74, 6) is -0.381. The third-order valence-electron chi connectivity index (χ3n) is 7.56. The number of benzene rings is 3. The minimum atomic E-state index is -0.481. The van der Waals surface area contributed by atoms with Crippen LogP contribution in [0.5, 0.6) is 0 Å². The maximum atomic E-state index is 15.5. The number of H-pyrrole nitrogens is 1. The van der Waals surface area contributed by atoms with Gasteiger partial charge in [-0.2, -0.15) is 0 Å². The first-order chi connectivity index (χ1) is 22.6. The predicted molar refractivity (Wildman–Crippen MR) is 193 cm³/mol. The Labute approximate surface area is 276 Å². The van der Waals surface area contributed by atoms with Crippen molar-refractivity contribution in [1.82, 2.24) is 20.6 Å². The molecular weight excluding hydrogens is 588 g/mol. The smallest absolute Gasteiger partial charge is 0.138 e. The Kier molecular flexibility index (Phi) is 11.4. The van der Waals surface area contributed by atoms with Crippen LogP contribution in [0.4, 0.5) is 14.5 Å². The normalized spacial score (nSPS) is 12.1. The summed E-state index contributed by atoms with van der Waals surface area (Å²) in [5.41, 5.74) is 14.6. The summed E-state index contributed by atoms with van der Waals surface area (Å²) in [6.45, 7) is 20.4. The molecule has 7 heteroatoms. The number of imidazole rings is 1. The molecule has 0 aliphatic heterocycles. The molecule has 0 amide bonds. The van der Waals surface area contributed by atoms with Crippen molar-refractivity contribution in [2.45, 2.75) is 26.8 Å². The number of halogens is 2. The standard InChI is InChI=1S/C40H41F2N5/c1-8-14-34(31-18-29(24-44-7)19-32(41)20-31)39-27(6)46-40(47-39)26(5)35-22-36(37(42)23-38(35)43)30(9-2)21-33(10-3)45-25(4)17-28-15-12-11-13-16-28/h8-16,18-23,44-45H,1,3-5,17,24,43H2,2,6-7H3,(H,46,47)/b30-9+,33-21+,34-14-. The van der Waals surface area contributed by atoms with Crippen LogP contribution in [0.3, 0.4) is 0 Å². The number of hydrogen-bond acceptors (Lipinski definition) is 4. The molecule has 4 aromatic rings. The van der Waals surface area contributed by atoms with E-state index in [1.54, 1.807) is 24.3 Å². The summed E-state index contributed by atoms with van der Waals surface area (Å²) in [5, 5.41) is 6.35. The fourth-order valence-corrected chi connectivity index (χ4v) is 5.33. The van der Waals surface area contributed by atoms with Gasteiger partial charge in [-0.05, 0) is 85.6 Å². The molecule has 0 aliphatic rings. The molecule has 0 unspecified atom stereocenters. The van der Waals surface area contributed by atoms with Gasteiger partial charge >= 0.3 is 0 Å². The molecular formula is C40H41F2N5. The maximum absolute atomic E-state index is 15.5. The largest absolute Gasteiger partial charge is 0.398 e. The van der Waals surface area contributed by atoms with Gasteiger partial charge in [0, 0.05) is 58.0 Å². The Hall–Kier alpha value is -5.53. The lowest BCUT2D eigenvalue weighted by molar-refractivity contribution is 0.623. The highest BCUT2D eigenvalue weighted by Gasteiger charge is 2.20. The van der Waals surface area contributed by atoms with Crippen molar-refractivity contribution < 1.29 is 8.78 Å². The zero-order chi connectivity index (χ0) is 34.1. The molecule has 3 aromatic carbocycles. The lowest BCUT2D eigenvalue weighted by Crippen LogP contribution is -2.12. The molecule has 0 aliphatic carbocycles. The summed E-state index contributed by atoms with van der Waals surface area (Å²) in [6.07, 6.45) is 9.35. The first-order valence-electron chi connectivity index (χ1n) is 15.2. The lowest BCUT2D eigenvalue weighted by atomic mass is 9.96. The number of aromatic amines is 1. The van der Waals surface area contributed by atoms with E-state index in [0.717, 1.165) is 22.5 Å². The van der Waals surface area contributed by atoms with Crippen molar-refractivity contribution in [3.05, 3.63) is 185 Å². The molecule has 5 nitrogen and oxygen atoms in total. The highest BCUT2D eigenvalue weighted by molar-refractivity contribution is 5.87. The van der Waals surface area contributed by atoms with Crippen molar-refractivity contribution in [1.29, 1.82) is 0 Å². The summed E-state index contributed by atoms with van der Waals surface area (Å²) in [7, 11) is 1.81. The molecule has 4 rings (SSSR count). The van der Waals surface area contributed by atoms with Crippen molar-refractivity contribution in [3.63, 3.8) is 0 Å². The topological polar surface area (TPSA) is 78.8 Å². The van der Waals surface area contributed by atoms with Gasteiger partial charge in [0.05, 0.1) is 5.69 Å². The van der Waals surface area contributed by atoms with E-state index < -0.39 is 5.82 Å². The van der Waals surface area contributed by atoms with E-state index in [9.17, 15) is 4.39 Å². The van der Waals surface area contributed by atoms with Gasteiger partial charge in [0.25, 0.3) is 0 Å². The van der Waals surface area contributed by atoms with Gasteiger partial charge in [-0.1, -0.05) is 74.9 Å². The van der Waals surface area contributed by atoms with Crippen LogP contribution in [0.15, 0.2) is 129 Å². The van der Waals surface area contributed by atoms with E-state index in [0.29, 0.717) is 63.6 Å². The van der Waals surface area contributed by atoms with Gasteiger partial charge in [-0.25, -0.2) is 13.8 Å². The minimum absolute atomic E-state index is 0.216. The number of nitrogens with two attached hydrogens (primary N) is 1. The molecule has 0 fully saturated rings. The zero-order valence-electron chi connectivity index (χ0n) is 27.2. The van der Waals surface area contributed by atoms with Crippen LogP contribution in [0.2, 0.25) is 0 Å². The zero-order valence-corrected chi connectivity index (χ0v) is 27.2. The van der Waals surface area contributed by atoms with E-state index >= 15 is 4.39 Å². The highest BCUT2D eigenvalue weighted by Crippen LogP contribution is 2.34. The van der Waals surface area contributed by atoms with Crippen molar-refractivity contribution in [3.8, 4) is 0 Å². The number of nitrogen functional groups attached to an aromatic ring is 1. The van der Waals surface area contributed by atoms with E-state index in [2.05, 4.69) is 41.9 Å². The molecule has 1 aromatic heterocycles. The number of nitrogens with zero attached hydrogens (tertiary/aromatic N) is 1. The van der Waals surface area contributed by atoms with Crippen molar-refractivity contribution in [2.75, 3.05) is 12.8 Å². The number of allylic oxidation sites excluding steroid dienone is 7. The summed E-state index contributed by atoms with van der Waals surface area (Å²) in [4.78, 5) is 8.15. The van der Waals surface area contributed by atoms with Crippen molar-refractivity contribution >= 4 is 22.4 Å². The van der Waals surface area contributed by atoms with Gasteiger partial charge in [0.1, 0.15) is 17.5 Å². The molecule has 0 spiro atoms. The number of hydrogen-bond donors (Lipinski definition) is 4. The van der Waals surface area contributed by atoms with E-state index in [-0.39, 0.29) is 11.5 Å². The molecule has 240 valence electrons. The number of aryl methyl sites for hydroxylation is 1. The van der Waals surface area contributed by atoms with Crippen LogP contribution in [-0.4, -0.2) is 17.0 Å². The highest BCUT2D eigenvalue weighted by atomic mass is 19.1. The quantitative estimate of drug-likeness (QED) is 0.0831. The summed E-state index contributed by atoms with van der Waals surface area (Å²) in [6, 6.07) is 17.8. The van der Waals surface area contributed by atoms with E-state index in [4.69, 9.17) is 10.7 Å². The SMILES string of the molecule is C=C/C=C(/c1cc(F)cc(CNC)c1)c1nc(C(=C)c2cc(C(/C=C(\C=C)NC(=C)Cc3ccccc3)=C/C)c(F)cc2N)[nH]c1C. The van der Waals surface area contributed by atoms with Crippen LogP contribution < -0.4 is 16.4 Å². The Morgan fingerprint density at radius 2 is 1.74 bits per heavy atom. The second-order valence-corrected chi connectivity index (χ2v) is 11.1. The molecule has 1 heterocycles. The first-order valence-corrected chi connectivity index (χ1v) is 15.2. The van der Waals surface area contributed by atoms with Gasteiger partial charge < -0.3 is 21.4 Å². The number of nitrogens with one attached hydrogen (secondary N) is 3. The lowest BCUT2D eigenvalue weighted by Gasteiger charge is -2.14. The summed E-state index contributed by atoms with van der Waals surface area (Å²) < 4.78 is 30.1. The second kappa shape index (κ2) is 15.7. The van der Waals surface area contributed by atoms with E-state index in [1.807, 2.05) is 69.4 Å². The Balaban J connectivity index is 1.67. The molecule has 0 saturated carbocycles. The van der Waals surface area contributed by atoms with Crippen LogP contribution in [0.25, 0.3) is 16.7 Å². The third kappa shape index (κ3) is 8.39. The maximum Gasteiger partial charge on any atom is 0.138 e. The monoisotopic (exact) mass is 629 g/mol. The van der Waals surface area contributed by atoms with E-state index in [1.165, 1.54) is 18.2 Å². The summed E-state index contributed by atoms with van der Waals surface area (Å²) >= 11 is 0. The number of rotatable bonds is 14. The van der Waals surface area contributed by atoms with Crippen LogP contribution >= 0.6 is 0 Å². The Morgan fingerprint density at radius 3 is 2.40 bits per heavy atom. The Bertz CT molecular complexity index is 1910. The third-order valence-corrected chi connectivity index (χ3v) is 7.56. The molecule has 0 atom stereocenters. The molecule has 47 heavy (non-hydrogen) atoms. The van der Waals surface area contributed by atoms with Crippen molar-refractivity contribution in [2.24, 2.45) is 0 Å². The fraction of sp³-hybridized carbons (Fsp3) is 0.125. The predicted octanol–water partition coefficient (Wildman–Crippen LogP) is 8.80. The first kappa shape index (κ1) is 34.3. The van der Waals surface area contributed by atoms with Crippen LogP contribution in [0, 0.1) is 18.6 Å². The number of anilines is 1. The molecule has 0 radical (unpaired) electrons. The average Bonchev–Trinajstić information content (AvgIpc) is 3.43. The van der Waals surface area contributed by atoms with Gasteiger partial charge in [-0.3, -0.25) is 0 Å². The molecule has 0 bridgehead atoms. The van der Waals surface area contributed by atoms with Crippen LogP contribution in [-0.2, 0) is 13.0 Å². The second-order valence-electron chi connectivity index (χ2n) is 11.1. The van der Waals surface area contributed by atoms with Gasteiger partial charge in [-0.15, -0.1) is 0 Å². The van der Waals surface area contributed by atoms with Crippen LogP contribution in [0.1, 0.15) is 52.0 Å². The van der Waals surface area contributed by atoms with Gasteiger partial charge in [0.2, 0.25) is 0 Å². The Morgan fingerprint density at radius 1 is 1.00 bits per heavy atom. The molecule has 0 saturated heterocycles. The van der Waals surface area contributed by atoms with Gasteiger partial charge in [0.15, 0.2) is 0 Å². The average molecular weight is 630 g/mol. The number of aromatic nitrogens is 2.